The molecule has 0 atom stereocenters. The molecule has 5 amide bonds. The van der Waals surface area contributed by atoms with Crippen LogP contribution in [0.15, 0.2) is 206 Å². The summed E-state index contributed by atoms with van der Waals surface area (Å²) in [7, 11) is 7.16. The molecule has 9 rings (SSSR count). The van der Waals surface area contributed by atoms with E-state index in [1.54, 1.807) is 156 Å². The number of nitrogens with one attached hydrogen (secondary N) is 5. The maximum atomic E-state index is 13.2. The Morgan fingerprint density at radius 3 is 1.11 bits per heavy atom. The van der Waals surface area contributed by atoms with E-state index >= 15 is 0 Å². The molecule has 1 radical (unpaired) electrons. The van der Waals surface area contributed by atoms with Crippen LogP contribution < -0.4 is 52.3 Å². The summed E-state index contributed by atoms with van der Waals surface area (Å²) in [5, 5.41) is 32.1. The fourth-order valence-corrected chi connectivity index (χ4v) is 11.6. The Balaban J connectivity index is 0.000000581. The van der Waals surface area contributed by atoms with Crippen molar-refractivity contribution in [3.8, 4) is 17.2 Å². The Bertz CT molecular complexity index is 5440. The number of nitrogens with two attached hydrogens (primary N) is 2. The third-order valence-corrected chi connectivity index (χ3v) is 20.6. The Kier molecular flexibility index (Phi) is 50.2. The molecule has 709 valence electrons. The van der Waals surface area contributed by atoms with E-state index in [4.69, 9.17) is 94.4 Å². The number of carbonyl (C=O) groups is 9. The molecule has 0 aliphatic rings. The first-order chi connectivity index (χ1) is 62.3. The van der Waals surface area contributed by atoms with Gasteiger partial charge < -0.3 is 81.6 Å². The van der Waals surface area contributed by atoms with Crippen molar-refractivity contribution in [3.05, 3.63) is 282 Å². The molecular formula is C92H101BBr3Cl4F6N8O17U. The zero-order chi connectivity index (χ0) is 100. The average Bonchev–Trinajstić information content (AvgIpc) is 0.822. The number of hydrogen-bond acceptors (Lipinski definition) is 18. The van der Waals surface area contributed by atoms with Gasteiger partial charge in [-0.2, -0.15) is 0 Å². The number of ketones is 2. The molecule has 0 saturated carbocycles. The quantitative estimate of drug-likeness (QED) is 0.00621. The summed E-state index contributed by atoms with van der Waals surface area (Å²) in [4.78, 5) is 111. The van der Waals surface area contributed by atoms with E-state index in [2.05, 4.69) is 79.1 Å². The van der Waals surface area contributed by atoms with Crippen LogP contribution in [0.1, 0.15) is 152 Å². The fourth-order valence-electron chi connectivity index (χ4n) is 10.2. The number of Topliss-reactive ketones (excluding diaryl/α,β-unsaturated/α-hetero) is 2. The number of nitrogens with zero attached hydrogens (tertiary/aromatic N) is 1. The van der Waals surface area contributed by atoms with Crippen LogP contribution in [0, 0.1) is 31.1 Å². The number of hydrogen-bond donors (Lipinski definition) is 9. The molecule has 0 saturated heterocycles. The van der Waals surface area contributed by atoms with Gasteiger partial charge in [0, 0.05) is 139 Å². The number of aliphatic carboxylic acids is 1. The summed E-state index contributed by atoms with van der Waals surface area (Å²) < 4.78 is 120. The van der Waals surface area contributed by atoms with Crippen molar-refractivity contribution in [2.45, 2.75) is 131 Å². The number of carboxylic acids is 2. The molecular weight excluding hydrogens is 2230 g/mol. The van der Waals surface area contributed by atoms with E-state index in [0.29, 0.717) is 63.9 Å². The second kappa shape index (κ2) is 57.8. The zero-order valence-electron chi connectivity index (χ0n) is 75.8. The number of alkyl carbamates (subject to hydrolysis) is 1. The number of allylic oxidation sites excluding steroid dienone is 1. The van der Waals surface area contributed by atoms with E-state index in [0.717, 1.165) is 29.7 Å². The van der Waals surface area contributed by atoms with Gasteiger partial charge in [-0.05, 0) is 250 Å². The Morgan fingerprint density at radius 2 is 0.795 bits per heavy atom. The summed E-state index contributed by atoms with van der Waals surface area (Å²) in [5.74, 6) is -4.60. The standard InChI is InChI=1S/C29H28BrClF2N2O5.C24H20BrClF2N2O3.C15H13BrF2N2O2.C13H16ClNO4.C6H12ClN.C5H10O3.BH2.U/c1-29(2,39-3)28(38)34-15-18-4-10-23(31)21(13-18)24(36)14-17-5-11-25(40-16-26(32)33)22(12-17)27(37)35-20-8-6-19(30)7-9-20;25-16-3-5-17(6-4-16)30-24(32)19-9-14(2-8-22(19)33-13-23(27)28)11-21(31)18-10-15(12-29)1-7-20(18)26;16-9-1-4-11(5-2-9)20-15(21)12-7-10(19)3-6-13(12)22-8-14(17)18;1-13(2,3)19-12(18)15-7-8-4-5-10(14)9(6-8)11(16)17;1-5(2)6(7)8(3)4;1-5(2,8-3)4(6)7;;/h4-13,26H,14-16H2,1-3H3,(H,34,38)(H,35,37);1-10,23H,11-13,29H2,(H,30,32);1-7,14H,8,19H2,(H,20,21);4-6H,7H2,1-3H3,(H,15,18)(H,16,17);1-4H3;1-3H3,(H,6,7);1H2;/i;;;;;;1T2;. The molecule has 11 N–H and O–H groups in total. The molecule has 25 nitrogen and oxygen atoms in total. The molecule has 0 spiro atoms. The first-order valence-corrected chi connectivity index (χ1v) is 42.8. The van der Waals surface area contributed by atoms with Crippen molar-refractivity contribution >= 4 is 179 Å². The monoisotopic (exact) mass is 2330 g/mol. The van der Waals surface area contributed by atoms with Gasteiger partial charge in [-0.15, -0.1) is 0 Å². The normalized spacial score (nSPS) is 10.8. The predicted octanol–water partition coefficient (Wildman–Crippen LogP) is 21.0. The fraction of sp³-hybridized carbons (Fsp3) is 0.293. The molecule has 9 aromatic carbocycles. The van der Waals surface area contributed by atoms with Crippen molar-refractivity contribution in [1.29, 1.82) is 2.67 Å². The van der Waals surface area contributed by atoms with Gasteiger partial charge in [0.05, 0.1) is 45.7 Å². The number of benzene rings is 9. The third kappa shape index (κ3) is 42.7. The van der Waals surface area contributed by atoms with E-state index in [9.17, 15) is 69.5 Å². The summed E-state index contributed by atoms with van der Waals surface area (Å²) in [6.07, 6.45) is -8.80. The van der Waals surface area contributed by atoms with Crippen molar-refractivity contribution < 1.29 is 139 Å². The second-order valence-corrected chi connectivity index (χ2v) is 34.3. The van der Waals surface area contributed by atoms with Crippen LogP contribution >= 0.6 is 94.2 Å². The van der Waals surface area contributed by atoms with Gasteiger partial charge in [-0.3, -0.25) is 28.8 Å². The number of anilines is 4. The van der Waals surface area contributed by atoms with Crippen LogP contribution in [-0.4, -0.2) is 164 Å². The van der Waals surface area contributed by atoms with Crippen LogP contribution in [0.5, 0.6) is 17.2 Å². The van der Waals surface area contributed by atoms with Crippen molar-refractivity contribution in [2.75, 3.05) is 69.8 Å². The Hall–Kier alpha value is -9.67. The van der Waals surface area contributed by atoms with Gasteiger partial charge >= 0.3 is 18.0 Å². The molecule has 0 bridgehead atoms. The van der Waals surface area contributed by atoms with Crippen LogP contribution in [0.3, 0.4) is 0 Å². The molecule has 0 unspecified atom stereocenters. The summed E-state index contributed by atoms with van der Waals surface area (Å²) >= 11 is 33.9. The largest absolute Gasteiger partial charge is 0.487 e. The van der Waals surface area contributed by atoms with Crippen molar-refractivity contribution in [1.82, 2.24) is 15.5 Å². The van der Waals surface area contributed by atoms with Crippen LogP contribution in [-0.2, 0) is 56.3 Å². The topological polar surface area (TPSA) is 365 Å². The number of carboxylic acid groups (broad SMARTS) is 2. The van der Waals surface area contributed by atoms with Gasteiger partial charge in [0.15, 0.2) is 17.2 Å². The first kappa shape index (κ1) is 115. The summed E-state index contributed by atoms with van der Waals surface area (Å²) in [5.41, 5.74) is 15.4. The predicted molar refractivity (Wildman–Crippen MR) is 511 cm³/mol. The molecule has 0 aliphatic heterocycles. The van der Waals surface area contributed by atoms with E-state index in [-0.39, 0.29) is 136 Å². The van der Waals surface area contributed by atoms with Crippen LogP contribution in [0.4, 0.5) is 53.9 Å². The number of methoxy groups -OCH3 is 2. The van der Waals surface area contributed by atoms with Gasteiger partial charge in [-0.25, -0.2) is 40.7 Å². The van der Waals surface area contributed by atoms with E-state index in [1.165, 1.54) is 88.7 Å². The SMILES string of the molecule is CC(C)(C)OC(=O)NCc1ccc(Cl)c(C(=O)O)c1.CC(C)=C(Cl)N(C)C.COC(C)(C)C(=O)NCc1ccc(Cl)c(C(=O)Cc2ccc(OCC(F)F)c(C(=O)Nc3ccc(Br)cc3)c2)c1.COC(C)(C)C(=O)O.NCc1ccc(Cl)c(C(=O)Cc2ccc(OCC(F)F)c(C(=O)Nc3ccc(Br)cc3)c2)c1.Nc1ccc(OCC(F)F)c(C(=O)Nc2ccc(Br)cc2)c1.[3H][B][3H].[U]. The summed E-state index contributed by atoms with van der Waals surface area (Å²) in [6.45, 7) is 13.6. The number of rotatable bonds is 32. The van der Waals surface area contributed by atoms with Gasteiger partial charge in [0.2, 0.25) is 0 Å². The number of alkyl halides is 6. The van der Waals surface area contributed by atoms with E-state index in [1.807, 2.05) is 32.8 Å². The number of carbonyl (C=O) groups excluding carboxylic acids is 7. The molecule has 132 heavy (non-hydrogen) atoms. The van der Waals surface area contributed by atoms with Crippen molar-refractivity contribution in [3.63, 3.8) is 0 Å². The van der Waals surface area contributed by atoms with Gasteiger partial charge in [0.1, 0.15) is 53.4 Å². The van der Waals surface area contributed by atoms with Crippen LogP contribution in [0.2, 0.25) is 15.1 Å². The Morgan fingerprint density at radius 1 is 0.477 bits per heavy atom. The number of amides is 5. The molecule has 0 fully saturated rings. The maximum Gasteiger partial charge on any atom is 0.407 e. The minimum atomic E-state index is -2.73. The molecule has 9 aromatic rings. The van der Waals surface area contributed by atoms with Crippen LogP contribution in [0.25, 0.3) is 0 Å². The summed E-state index contributed by atoms with van der Waals surface area (Å²) in [6, 6.07) is 48.0. The number of nitrogen functional groups attached to an aromatic ring is 1. The van der Waals surface area contributed by atoms with Gasteiger partial charge in [0.25, 0.3) is 42.9 Å². The molecule has 0 heterocycles. The third-order valence-electron chi connectivity index (χ3n) is 17.3. The number of halogens is 13. The van der Waals surface area contributed by atoms with Crippen molar-refractivity contribution in [2.24, 2.45) is 5.73 Å². The van der Waals surface area contributed by atoms with E-state index < -0.39 is 91.7 Å². The second-order valence-electron chi connectivity index (χ2n) is 30.0. The smallest absolute Gasteiger partial charge is 0.407 e. The molecule has 0 aromatic heterocycles. The number of ether oxygens (including phenoxy) is 6. The Labute approximate surface area is 835 Å². The molecule has 40 heteroatoms. The average molecular weight is 2340 g/mol. The molecule has 0 aliphatic carbocycles. The minimum Gasteiger partial charge on any atom is -0.487 e. The van der Waals surface area contributed by atoms with Gasteiger partial charge in [-0.1, -0.05) is 125 Å². The maximum absolute atomic E-state index is 13.2. The number of aromatic carboxylic acids is 1. The minimum absolute atomic E-state index is 0. The zero-order valence-corrected chi connectivity index (χ0v) is 85.8. The first-order valence-electron chi connectivity index (χ1n) is 40.0.